The van der Waals surface area contributed by atoms with Gasteiger partial charge >= 0.3 is 0 Å². The molecule has 0 saturated carbocycles. The summed E-state index contributed by atoms with van der Waals surface area (Å²) in [5.74, 6) is 0.0692. The zero-order valence-corrected chi connectivity index (χ0v) is 10.1. The Morgan fingerprint density at radius 2 is 2.00 bits per heavy atom. The first-order valence-corrected chi connectivity index (χ1v) is 5.27. The van der Waals surface area contributed by atoms with Crippen LogP contribution in [-0.4, -0.2) is 17.1 Å². The van der Waals surface area contributed by atoms with Crippen LogP contribution in [0.4, 0.5) is 10.1 Å². The van der Waals surface area contributed by atoms with Crippen LogP contribution < -0.4 is 15.2 Å². The third kappa shape index (κ3) is 2.43. The summed E-state index contributed by atoms with van der Waals surface area (Å²) in [6, 6.07) is 3.73. The summed E-state index contributed by atoms with van der Waals surface area (Å²) in [7, 11) is 1.42. The standard InChI is InChI=1S/C11H9ClFN3O2/c1-17-10-9(14)11(16-5-15-10)18-8-3-2-6(13)4-7(8)12/h2-5H,14H2,1H3. The van der Waals surface area contributed by atoms with E-state index in [1.807, 2.05) is 0 Å². The molecule has 1 aromatic heterocycles. The summed E-state index contributed by atoms with van der Waals surface area (Å²) in [6.07, 6.45) is 1.24. The molecule has 0 fully saturated rings. The Hall–Kier alpha value is -2.08. The topological polar surface area (TPSA) is 70.3 Å². The van der Waals surface area contributed by atoms with Gasteiger partial charge in [-0.3, -0.25) is 0 Å². The van der Waals surface area contributed by atoms with Crippen molar-refractivity contribution in [3.8, 4) is 17.5 Å². The quantitative estimate of drug-likeness (QED) is 0.927. The van der Waals surface area contributed by atoms with Gasteiger partial charge in [-0.1, -0.05) is 11.6 Å². The molecule has 18 heavy (non-hydrogen) atoms. The molecular formula is C11H9ClFN3O2. The Kier molecular flexibility index (Phi) is 3.47. The van der Waals surface area contributed by atoms with E-state index in [0.717, 1.165) is 6.07 Å². The summed E-state index contributed by atoms with van der Waals surface area (Å²) in [5.41, 5.74) is 5.87. The van der Waals surface area contributed by atoms with Crippen molar-refractivity contribution in [3.05, 3.63) is 35.4 Å². The Labute approximate surface area is 107 Å². The molecule has 0 unspecified atom stereocenters. The van der Waals surface area contributed by atoms with Crippen molar-refractivity contribution >= 4 is 17.3 Å². The second kappa shape index (κ2) is 5.05. The highest BCUT2D eigenvalue weighted by atomic mass is 35.5. The lowest BCUT2D eigenvalue weighted by Gasteiger charge is -2.10. The van der Waals surface area contributed by atoms with Gasteiger partial charge in [0.2, 0.25) is 11.8 Å². The van der Waals surface area contributed by atoms with Crippen LogP contribution in [0.15, 0.2) is 24.5 Å². The molecule has 0 saturated heterocycles. The number of hydrogen-bond donors (Lipinski definition) is 1. The number of nitrogen functional groups attached to an aromatic ring is 1. The van der Waals surface area contributed by atoms with Gasteiger partial charge in [-0.2, -0.15) is 9.97 Å². The minimum atomic E-state index is -0.458. The van der Waals surface area contributed by atoms with Crippen LogP contribution in [0.25, 0.3) is 0 Å². The van der Waals surface area contributed by atoms with Crippen molar-refractivity contribution in [1.82, 2.24) is 9.97 Å². The highest BCUT2D eigenvalue weighted by Crippen LogP contribution is 2.34. The molecule has 0 amide bonds. The Morgan fingerprint density at radius 3 is 2.67 bits per heavy atom. The fourth-order valence-electron chi connectivity index (χ4n) is 1.27. The highest BCUT2D eigenvalue weighted by Gasteiger charge is 2.12. The number of benzene rings is 1. The predicted octanol–water partition coefficient (Wildman–Crippen LogP) is 2.65. The van der Waals surface area contributed by atoms with E-state index in [1.54, 1.807) is 0 Å². The Morgan fingerprint density at radius 1 is 1.28 bits per heavy atom. The molecule has 0 aliphatic carbocycles. The van der Waals surface area contributed by atoms with Crippen molar-refractivity contribution in [3.63, 3.8) is 0 Å². The molecule has 2 rings (SSSR count). The molecular weight excluding hydrogens is 261 g/mol. The maximum Gasteiger partial charge on any atom is 0.249 e. The summed E-state index contributed by atoms with van der Waals surface area (Å²) in [6.45, 7) is 0. The van der Waals surface area contributed by atoms with Crippen molar-refractivity contribution < 1.29 is 13.9 Å². The van der Waals surface area contributed by atoms with Gasteiger partial charge in [-0.05, 0) is 18.2 Å². The first kappa shape index (κ1) is 12.4. The average Bonchev–Trinajstić information content (AvgIpc) is 2.35. The SMILES string of the molecule is COc1ncnc(Oc2ccc(F)cc2Cl)c1N. The summed E-state index contributed by atoms with van der Waals surface area (Å²) in [5, 5.41) is 0.118. The van der Waals surface area contributed by atoms with Crippen LogP contribution in [0, 0.1) is 5.82 Å². The lowest BCUT2D eigenvalue weighted by molar-refractivity contribution is 0.391. The van der Waals surface area contributed by atoms with E-state index >= 15 is 0 Å². The van der Waals surface area contributed by atoms with Crippen molar-refractivity contribution in [2.24, 2.45) is 0 Å². The molecule has 94 valence electrons. The number of nitrogens with zero attached hydrogens (tertiary/aromatic N) is 2. The minimum absolute atomic E-state index is 0.0929. The number of anilines is 1. The van der Waals surface area contributed by atoms with Gasteiger partial charge in [0.05, 0.1) is 12.1 Å². The van der Waals surface area contributed by atoms with Gasteiger partial charge in [0.25, 0.3) is 0 Å². The number of ether oxygens (including phenoxy) is 2. The summed E-state index contributed by atoms with van der Waals surface area (Å²) >= 11 is 5.82. The zero-order chi connectivity index (χ0) is 13.1. The molecule has 0 atom stereocenters. The van der Waals surface area contributed by atoms with E-state index in [9.17, 15) is 4.39 Å². The predicted molar refractivity (Wildman–Crippen MR) is 64.5 cm³/mol. The summed E-state index contributed by atoms with van der Waals surface area (Å²) < 4.78 is 23.2. The van der Waals surface area contributed by atoms with Crippen molar-refractivity contribution in [1.29, 1.82) is 0 Å². The first-order chi connectivity index (χ1) is 8.61. The fourth-order valence-corrected chi connectivity index (χ4v) is 1.48. The van der Waals surface area contributed by atoms with Crippen LogP contribution in [-0.2, 0) is 0 Å². The second-order valence-corrected chi connectivity index (χ2v) is 3.69. The van der Waals surface area contributed by atoms with Crippen LogP contribution in [0.2, 0.25) is 5.02 Å². The molecule has 1 aromatic carbocycles. The summed E-state index contributed by atoms with van der Waals surface area (Å²) in [4.78, 5) is 7.66. The van der Waals surface area contributed by atoms with Crippen LogP contribution in [0.5, 0.6) is 17.5 Å². The molecule has 0 aliphatic rings. The molecule has 5 nitrogen and oxygen atoms in total. The minimum Gasteiger partial charge on any atom is -0.479 e. The fraction of sp³-hybridized carbons (Fsp3) is 0.0909. The second-order valence-electron chi connectivity index (χ2n) is 3.28. The van der Waals surface area contributed by atoms with Gasteiger partial charge in [-0.15, -0.1) is 0 Å². The van der Waals surface area contributed by atoms with E-state index in [-0.39, 0.29) is 28.2 Å². The van der Waals surface area contributed by atoms with Crippen molar-refractivity contribution in [2.45, 2.75) is 0 Å². The van der Waals surface area contributed by atoms with Crippen LogP contribution in [0.1, 0.15) is 0 Å². The van der Waals surface area contributed by atoms with E-state index < -0.39 is 5.82 Å². The Bertz CT molecular complexity index is 580. The van der Waals surface area contributed by atoms with Gasteiger partial charge < -0.3 is 15.2 Å². The van der Waals surface area contributed by atoms with E-state index in [4.69, 9.17) is 26.8 Å². The lowest BCUT2D eigenvalue weighted by Crippen LogP contribution is -2.00. The number of nitrogens with two attached hydrogens (primary N) is 1. The molecule has 2 N–H and O–H groups in total. The smallest absolute Gasteiger partial charge is 0.249 e. The number of methoxy groups -OCH3 is 1. The normalized spacial score (nSPS) is 10.2. The number of halogens is 2. The molecule has 7 heteroatoms. The third-order valence-electron chi connectivity index (χ3n) is 2.10. The van der Waals surface area contributed by atoms with Gasteiger partial charge in [0, 0.05) is 0 Å². The molecule has 0 radical (unpaired) electrons. The third-order valence-corrected chi connectivity index (χ3v) is 2.40. The van der Waals surface area contributed by atoms with E-state index in [2.05, 4.69) is 9.97 Å². The molecule has 0 bridgehead atoms. The highest BCUT2D eigenvalue weighted by molar-refractivity contribution is 6.32. The van der Waals surface area contributed by atoms with Gasteiger partial charge in [0.15, 0.2) is 5.69 Å². The maximum absolute atomic E-state index is 12.9. The molecule has 0 spiro atoms. The van der Waals surface area contributed by atoms with Gasteiger partial charge in [-0.25, -0.2) is 4.39 Å². The average molecular weight is 270 g/mol. The van der Waals surface area contributed by atoms with Crippen LogP contribution >= 0.6 is 11.6 Å². The number of rotatable bonds is 3. The van der Waals surface area contributed by atoms with Gasteiger partial charge in [0.1, 0.15) is 17.9 Å². The van der Waals surface area contributed by atoms with E-state index in [1.165, 1.54) is 25.6 Å². The van der Waals surface area contributed by atoms with Crippen molar-refractivity contribution in [2.75, 3.05) is 12.8 Å². The molecule has 1 heterocycles. The van der Waals surface area contributed by atoms with E-state index in [0.29, 0.717) is 0 Å². The maximum atomic E-state index is 12.9. The number of aromatic nitrogens is 2. The Balaban J connectivity index is 2.34. The molecule has 2 aromatic rings. The monoisotopic (exact) mass is 269 g/mol. The lowest BCUT2D eigenvalue weighted by atomic mass is 10.3. The van der Waals surface area contributed by atoms with Crippen LogP contribution in [0.3, 0.4) is 0 Å². The first-order valence-electron chi connectivity index (χ1n) is 4.89. The molecule has 0 aliphatic heterocycles. The number of hydrogen-bond acceptors (Lipinski definition) is 5. The zero-order valence-electron chi connectivity index (χ0n) is 9.35. The largest absolute Gasteiger partial charge is 0.479 e.